The molecule has 3 aliphatic rings. The van der Waals surface area contributed by atoms with Crippen LogP contribution in [-0.2, 0) is 38.2 Å². The molecule has 82 heavy (non-hydrogen) atoms. The Hall–Kier alpha value is -2.30. The lowest BCUT2D eigenvalue weighted by Gasteiger charge is -2.41. The zero-order valence-corrected chi connectivity index (χ0v) is 54.8. The van der Waals surface area contributed by atoms with Crippen LogP contribution in [0.15, 0.2) is 23.8 Å². The van der Waals surface area contributed by atoms with Crippen LogP contribution in [0.4, 0.5) is 0 Å². The third-order valence-corrected chi connectivity index (χ3v) is 20.3. The van der Waals surface area contributed by atoms with Crippen molar-refractivity contribution in [3.63, 3.8) is 0 Å². The molecule has 0 aromatic rings. The van der Waals surface area contributed by atoms with Gasteiger partial charge < -0.3 is 50.3 Å². The summed E-state index contributed by atoms with van der Waals surface area (Å²) in [5.74, 6) is -1.96. The van der Waals surface area contributed by atoms with Crippen LogP contribution in [-0.4, -0.2) is 224 Å². The van der Waals surface area contributed by atoms with Crippen LogP contribution in [0.2, 0.25) is 0 Å². The maximum Gasteiger partial charge on any atom is 0.245 e. The van der Waals surface area contributed by atoms with Crippen LogP contribution in [0.1, 0.15) is 127 Å². The number of likely N-dealkylation sites (tertiary alicyclic amines) is 2. The van der Waals surface area contributed by atoms with Crippen LogP contribution >= 0.6 is 48.8 Å². The lowest BCUT2D eigenvalue weighted by Crippen LogP contribution is -2.60. The molecule has 2 saturated heterocycles. The fourth-order valence-corrected chi connectivity index (χ4v) is 14.9. The van der Waals surface area contributed by atoms with Gasteiger partial charge in [-0.05, 0) is 63.3 Å². The molecule has 6 unspecified atom stereocenters. The summed E-state index contributed by atoms with van der Waals surface area (Å²) in [4.78, 5) is 90.3. The lowest BCUT2D eigenvalue weighted by molar-refractivity contribution is -0.148. The molecule has 0 aromatic carbocycles. The summed E-state index contributed by atoms with van der Waals surface area (Å²) in [5, 5.41) is 55.9. The van der Waals surface area contributed by atoms with E-state index in [1.165, 1.54) is 37.7 Å². The Labute approximate surface area is 509 Å². The van der Waals surface area contributed by atoms with Crippen molar-refractivity contribution >= 4 is 84.0 Å². The van der Waals surface area contributed by atoms with Crippen LogP contribution in [0.25, 0.3) is 0 Å². The van der Waals surface area contributed by atoms with E-state index in [2.05, 4.69) is 46.5 Å². The Morgan fingerprint density at radius 3 is 1.93 bits per heavy atom. The summed E-state index contributed by atoms with van der Waals surface area (Å²) in [6.07, 6.45) is 4.96. The highest BCUT2D eigenvalue weighted by Crippen LogP contribution is 2.39. The predicted octanol–water partition coefficient (Wildman–Crippen LogP) is 3.86. The average molecular weight is 1230 g/mol. The second-order valence-electron chi connectivity index (χ2n) is 23.2. The van der Waals surface area contributed by atoms with E-state index < -0.39 is 101 Å². The van der Waals surface area contributed by atoms with Crippen molar-refractivity contribution in [3.05, 3.63) is 23.8 Å². The van der Waals surface area contributed by atoms with Crippen molar-refractivity contribution in [1.29, 1.82) is 0 Å². The molecule has 0 aromatic heterocycles. The predicted molar refractivity (Wildman–Crippen MR) is 333 cm³/mol. The number of ketones is 2. The van der Waals surface area contributed by atoms with E-state index in [4.69, 9.17) is 9.47 Å². The van der Waals surface area contributed by atoms with Gasteiger partial charge in [0.15, 0.2) is 12.1 Å². The lowest BCUT2D eigenvalue weighted by atomic mass is 9.89. The van der Waals surface area contributed by atoms with E-state index in [1.54, 1.807) is 47.5 Å². The van der Waals surface area contributed by atoms with Crippen molar-refractivity contribution in [3.8, 4) is 0 Å². The van der Waals surface area contributed by atoms with Gasteiger partial charge in [-0.3, -0.25) is 44.3 Å². The quantitative estimate of drug-likeness (QED) is 0.0311. The van der Waals surface area contributed by atoms with Gasteiger partial charge in [0.2, 0.25) is 23.6 Å². The number of methoxy groups -OCH3 is 2. The smallest absolute Gasteiger partial charge is 0.245 e. The van der Waals surface area contributed by atoms with Gasteiger partial charge in [-0.15, -0.1) is 23.5 Å². The molecular weight excluding hydrogens is 1130 g/mol. The summed E-state index contributed by atoms with van der Waals surface area (Å²) < 4.78 is 12.1. The van der Waals surface area contributed by atoms with Crippen molar-refractivity contribution in [2.24, 2.45) is 29.6 Å². The monoisotopic (exact) mass is 1230 g/mol. The minimum atomic E-state index is -1.78. The number of allylic oxidation sites excluding steroid dienone is 3. The Morgan fingerprint density at radius 1 is 0.829 bits per heavy atom. The summed E-state index contributed by atoms with van der Waals surface area (Å²) in [6.45, 7) is 19.2. The Balaban J connectivity index is 1.83. The number of rotatable bonds is 38. The fraction of sp³-hybridized carbons (Fsp3) is 0.828. The molecule has 16 atom stereocenters. The van der Waals surface area contributed by atoms with Crippen molar-refractivity contribution < 1.29 is 58.7 Å². The van der Waals surface area contributed by atoms with E-state index in [9.17, 15) is 49.2 Å². The Kier molecular flexibility index (Phi) is 33.1. The van der Waals surface area contributed by atoms with Gasteiger partial charge in [0.05, 0.1) is 78.0 Å². The number of carbonyl (C=O) groups excluding carboxylic acids is 6. The molecule has 20 nitrogen and oxygen atoms in total. The number of thiol groups is 2. The van der Waals surface area contributed by atoms with Gasteiger partial charge in [0, 0.05) is 63.4 Å². The van der Waals surface area contributed by atoms with Crippen LogP contribution in [0.3, 0.4) is 0 Å². The van der Waals surface area contributed by atoms with Crippen molar-refractivity contribution in [2.45, 2.75) is 211 Å². The third-order valence-electron chi connectivity index (χ3n) is 16.9. The number of likely N-dealkylation sites (N-methyl/N-ethyl adjacent to an activating group) is 2. The molecule has 472 valence electrons. The van der Waals surface area contributed by atoms with Gasteiger partial charge >= 0.3 is 0 Å². The number of nitrogens with one attached hydrogen (secondary N) is 4. The van der Waals surface area contributed by atoms with Crippen LogP contribution < -0.4 is 21.3 Å². The van der Waals surface area contributed by atoms with E-state index in [0.29, 0.717) is 50.2 Å². The minimum Gasteiger partial charge on any atom is -0.379 e. The first-order valence-corrected chi connectivity index (χ1v) is 32.9. The Morgan fingerprint density at radius 2 is 1.44 bits per heavy atom. The second kappa shape index (κ2) is 36.8. The molecule has 0 radical (unpaired) electrons. The number of aliphatic hydroxyl groups excluding tert-OH is 3. The molecule has 0 spiro atoms. The largest absolute Gasteiger partial charge is 0.379 e. The van der Waals surface area contributed by atoms with E-state index in [-0.39, 0.29) is 78.3 Å². The number of amides is 4. The number of aliphatic hydroxyl groups is 4. The number of carbonyl (C=O) groups is 6. The minimum absolute atomic E-state index is 0.0104. The molecule has 0 saturated carbocycles. The zero-order chi connectivity index (χ0) is 61.7. The van der Waals surface area contributed by atoms with Gasteiger partial charge in [-0.1, -0.05) is 99.5 Å². The standard InChI is InChI=1S/C58H104N8O12S4/c1-15-35(8)48(44(77-13)27-45(68)65-25-21-24-42(65)50(78-14)37(10)53(70)61-39(58(75)76)26-38-22-19-18-20-23-38)64(12)55(72)46(33(4)5)62-54(71)47(34(6)7)63(11)32-66-56(73)51(81-30-59-40(28-79)43(67)17-3)52(57(66)74)82-31-60-41(29-80)49(69)36(9)16-2/h18-19,22,33-37,39-42,44,46-48,50-52,56-60,73-76,79-80H,15-17,20-21,23-32H2,1-14H3,(H,61,70)(H,62,71)/t35?,36-,37+,39-,40-,41-,42-,44-,46-,47-,48?,50-,51?,52?,56?,57?/m0/s1. The molecule has 3 rings (SSSR count). The van der Waals surface area contributed by atoms with Gasteiger partial charge in [-0.25, -0.2) is 4.90 Å². The summed E-state index contributed by atoms with van der Waals surface area (Å²) in [6, 6.07) is -4.81. The highest BCUT2D eigenvalue weighted by atomic mass is 32.2. The van der Waals surface area contributed by atoms with Gasteiger partial charge in [-0.2, -0.15) is 25.3 Å². The van der Waals surface area contributed by atoms with Gasteiger partial charge in [0.25, 0.3) is 0 Å². The van der Waals surface area contributed by atoms with Crippen LogP contribution in [0, 0.1) is 29.6 Å². The molecule has 2 fully saturated rings. The number of Topliss-reactive ketones (excluding diaryl/α,β-unsaturated/α-hetero) is 2. The highest BCUT2D eigenvalue weighted by molar-refractivity contribution is 8.03. The fourth-order valence-electron chi connectivity index (χ4n) is 11.5. The van der Waals surface area contributed by atoms with E-state index >= 15 is 0 Å². The molecule has 4 amide bonds. The molecule has 1 aliphatic carbocycles. The average Bonchev–Trinajstić information content (AvgIpc) is 4.17. The van der Waals surface area contributed by atoms with E-state index in [0.717, 1.165) is 18.4 Å². The molecule has 2 aliphatic heterocycles. The van der Waals surface area contributed by atoms with E-state index in [1.807, 2.05) is 73.6 Å². The summed E-state index contributed by atoms with van der Waals surface area (Å²) in [5.41, 5.74) is 0.998. The molecule has 24 heteroatoms. The maximum absolute atomic E-state index is 14.9. The summed E-state index contributed by atoms with van der Waals surface area (Å²) in [7, 11) is 6.43. The molecule has 0 bridgehead atoms. The first kappa shape index (κ1) is 74.0. The second-order valence-corrected chi connectivity index (χ2v) is 26.3. The topological polar surface area (TPSA) is 263 Å². The Bertz CT molecular complexity index is 2080. The zero-order valence-electron chi connectivity index (χ0n) is 51.4. The molecule has 8 N–H and O–H groups in total. The van der Waals surface area contributed by atoms with Crippen molar-refractivity contribution in [1.82, 2.24) is 40.9 Å². The first-order chi connectivity index (χ1) is 38.8. The number of hydrogen-bond acceptors (Lipinski definition) is 20. The van der Waals surface area contributed by atoms with Gasteiger partial charge in [0.1, 0.15) is 24.3 Å². The highest BCUT2D eigenvalue weighted by Gasteiger charge is 2.50. The number of thioether (sulfide) groups is 2. The normalized spacial score (nSPS) is 23.7. The third kappa shape index (κ3) is 20.4. The van der Waals surface area contributed by atoms with Crippen molar-refractivity contribution in [2.75, 3.05) is 64.8 Å². The molecule has 2 heterocycles. The number of hydrogen-bond donors (Lipinski definition) is 10. The summed E-state index contributed by atoms with van der Waals surface area (Å²) >= 11 is 11.6. The first-order valence-electron chi connectivity index (χ1n) is 29.5. The molecular formula is C58H104N8O12S4. The SMILES string of the molecule is CCC(=O)[C@H](CS)NCSC1C(SCN[C@@H](CS)C(=O)[C@@H](C)CC)C(O)N(CN(C)[C@H](C(=O)N[C@H](C(=O)N(C)C(C(C)CC)[C@H](CC(=O)N2CCC[C@H]2[C@@H](OC)[C@@H](C)C(=O)N[C@@H](CC2=CC=CCC2)C(O)O)OC)C(C)C)C(C)C)C1O. The number of ether oxygens (including phenoxy) is 2. The van der Waals surface area contributed by atoms with Crippen LogP contribution in [0.5, 0.6) is 0 Å². The number of nitrogens with zero attached hydrogens (tertiary/aromatic N) is 4. The maximum atomic E-state index is 14.9.